The minimum absolute atomic E-state index is 0.275. The van der Waals surface area contributed by atoms with Gasteiger partial charge in [0.15, 0.2) is 0 Å². The van der Waals surface area contributed by atoms with E-state index in [2.05, 4.69) is 35.7 Å². The van der Waals surface area contributed by atoms with Crippen molar-refractivity contribution in [1.29, 1.82) is 0 Å². The molecule has 5 heteroatoms. The summed E-state index contributed by atoms with van der Waals surface area (Å²) in [6.45, 7) is 11.7. The van der Waals surface area contributed by atoms with Crippen molar-refractivity contribution in [3.63, 3.8) is 0 Å². The van der Waals surface area contributed by atoms with Crippen molar-refractivity contribution in [3.05, 3.63) is 29.2 Å². The Morgan fingerprint density at radius 2 is 2.22 bits per heavy atom. The Morgan fingerprint density at radius 1 is 1.50 bits per heavy atom. The van der Waals surface area contributed by atoms with E-state index in [4.69, 9.17) is 16.3 Å². The smallest absolute Gasteiger partial charge is 0.138 e. The average Bonchev–Trinajstić information content (AvgIpc) is 2.27. The number of hydrogen-bond donors (Lipinski definition) is 1. The Balaban J connectivity index is 2.52. The SMILES string of the molecule is C=C(C)COCCNc1ncnc(Cl)c1C(C)C. The van der Waals surface area contributed by atoms with Gasteiger partial charge < -0.3 is 10.1 Å². The molecular formula is C13H20ClN3O. The summed E-state index contributed by atoms with van der Waals surface area (Å²) in [6, 6.07) is 0. The molecule has 4 nitrogen and oxygen atoms in total. The van der Waals surface area contributed by atoms with Crippen molar-refractivity contribution in [2.75, 3.05) is 25.1 Å². The number of ether oxygens (including phenoxy) is 1. The number of rotatable bonds is 7. The number of nitrogens with zero attached hydrogens (tertiary/aromatic N) is 2. The summed E-state index contributed by atoms with van der Waals surface area (Å²) in [6.07, 6.45) is 1.46. The average molecular weight is 270 g/mol. The third kappa shape index (κ3) is 4.63. The highest BCUT2D eigenvalue weighted by Crippen LogP contribution is 2.27. The fourth-order valence-electron chi connectivity index (χ4n) is 1.51. The van der Waals surface area contributed by atoms with Crippen molar-refractivity contribution < 1.29 is 4.74 Å². The van der Waals surface area contributed by atoms with Crippen molar-refractivity contribution in [2.24, 2.45) is 0 Å². The van der Waals surface area contributed by atoms with Crippen molar-refractivity contribution in [2.45, 2.75) is 26.7 Å². The molecule has 0 aliphatic rings. The summed E-state index contributed by atoms with van der Waals surface area (Å²) >= 11 is 6.07. The molecule has 0 radical (unpaired) electrons. The van der Waals surface area contributed by atoms with Crippen LogP contribution in [-0.4, -0.2) is 29.7 Å². The molecule has 0 aromatic carbocycles. The summed E-state index contributed by atoms with van der Waals surface area (Å²) in [5, 5.41) is 3.72. The largest absolute Gasteiger partial charge is 0.375 e. The van der Waals surface area contributed by atoms with Crippen LogP contribution in [0.15, 0.2) is 18.5 Å². The lowest BCUT2D eigenvalue weighted by atomic mass is 10.1. The van der Waals surface area contributed by atoms with E-state index in [0.717, 1.165) is 17.0 Å². The summed E-state index contributed by atoms with van der Waals surface area (Å²) in [5.74, 6) is 1.06. The molecule has 0 aliphatic heterocycles. The van der Waals surface area contributed by atoms with E-state index in [1.165, 1.54) is 6.33 Å². The van der Waals surface area contributed by atoms with Crippen LogP contribution in [0.3, 0.4) is 0 Å². The molecule has 1 aromatic rings. The third-order valence-electron chi connectivity index (χ3n) is 2.30. The number of hydrogen-bond acceptors (Lipinski definition) is 4. The van der Waals surface area contributed by atoms with Gasteiger partial charge in [0, 0.05) is 12.1 Å². The van der Waals surface area contributed by atoms with Crippen LogP contribution in [0.25, 0.3) is 0 Å². The van der Waals surface area contributed by atoms with Gasteiger partial charge >= 0.3 is 0 Å². The molecule has 0 atom stereocenters. The van der Waals surface area contributed by atoms with Gasteiger partial charge in [-0.25, -0.2) is 9.97 Å². The molecule has 0 aliphatic carbocycles. The first-order chi connectivity index (χ1) is 8.52. The van der Waals surface area contributed by atoms with Gasteiger partial charge in [-0.2, -0.15) is 0 Å². The monoisotopic (exact) mass is 269 g/mol. The second kappa shape index (κ2) is 7.34. The first-order valence-electron chi connectivity index (χ1n) is 5.98. The molecule has 0 saturated carbocycles. The standard InChI is InChI=1S/C13H20ClN3O/c1-9(2)7-18-6-5-15-13-11(10(3)4)12(14)16-8-17-13/h8,10H,1,5-7H2,2-4H3,(H,15,16,17). The second-order valence-corrected chi connectivity index (χ2v) is 4.88. The molecular weight excluding hydrogens is 250 g/mol. The third-order valence-corrected chi connectivity index (χ3v) is 2.60. The fourth-order valence-corrected chi connectivity index (χ4v) is 1.87. The van der Waals surface area contributed by atoms with Gasteiger partial charge in [0.25, 0.3) is 0 Å². The lowest BCUT2D eigenvalue weighted by molar-refractivity contribution is 0.167. The van der Waals surface area contributed by atoms with E-state index in [9.17, 15) is 0 Å². The van der Waals surface area contributed by atoms with Crippen molar-refractivity contribution >= 4 is 17.4 Å². The molecule has 1 heterocycles. The van der Waals surface area contributed by atoms with Gasteiger partial charge in [0.05, 0.1) is 13.2 Å². The molecule has 0 saturated heterocycles. The number of nitrogens with one attached hydrogen (secondary N) is 1. The van der Waals surface area contributed by atoms with Gasteiger partial charge in [0.2, 0.25) is 0 Å². The molecule has 18 heavy (non-hydrogen) atoms. The Hall–Kier alpha value is -1.13. The van der Waals surface area contributed by atoms with E-state index in [0.29, 0.717) is 24.9 Å². The molecule has 0 unspecified atom stereocenters. The maximum atomic E-state index is 6.07. The zero-order chi connectivity index (χ0) is 13.5. The van der Waals surface area contributed by atoms with Gasteiger partial charge in [0.1, 0.15) is 17.3 Å². The minimum atomic E-state index is 0.275. The lowest BCUT2D eigenvalue weighted by Gasteiger charge is -2.14. The minimum Gasteiger partial charge on any atom is -0.375 e. The highest BCUT2D eigenvalue weighted by Gasteiger charge is 2.12. The predicted octanol–water partition coefficient (Wildman–Crippen LogP) is 3.26. The predicted molar refractivity (Wildman–Crippen MR) is 75.3 cm³/mol. The Bertz CT molecular complexity index is 407. The number of aromatic nitrogens is 2. The number of halogens is 1. The quantitative estimate of drug-likeness (QED) is 0.469. The van der Waals surface area contributed by atoms with Crippen molar-refractivity contribution in [1.82, 2.24) is 9.97 Å². The zero-order valence-electron chi connectivity index (χ0n) is 11.2. The topological polar surface area (TPSA) is 47.0 Å². The Morgan fingerprint density at radius 3 is 2.83 bits per heavy atom. The van der Waals surface area contributed by atoms with Crippen LogP contribution in [0.1, 0.15) is 32.3 Å². The molecule has 0 bridgehead atoms. The van der Waals surface area contributed by atoms with Crippen LogP contribution in [0, 0.1) is 0 Å². The van der Waals surface area contributed by atoms with Crippen LogP contribution in [-0.2, 0) is 4.74 Å². The first-order valence-corrected chi connectivity index (χ1v) is 6.36. The molecule has 1 N–H and O–H groups in total. The fraction of sp³-hybridized carbons (Fsp3) is 0.538. The molecule has 0 amide bonds. The maximum absolute atomic E-state index is 6.07. The van der Waals surface area contributed by atoms with Crippen LogP contribution < -0.4 is 5.32 Å². The van der Waals surface area contributed by atoms with E-state index in [-0.39, 0.29) is 5.92 Å². The Labute approximate surface area is 113 Å². The normalized spacial score (nSPS) is 10.7. The molecule has 100 valence electrons. The van der Waals surface area contributed by atoms with Gasteiger partial charge in [-0.1, -0.05) is 37.6 Å². The number of anilines is 1. The van der Waals surface area contributed by atoms with Gasteiger partial charge in [-0.15, -0.1) is 0 Å². The molecule has 0 fully saturated rings. The first kappa shape index (κ1) is 14.9. The molecule has 0 spiro atoms. The maximum Gasteiger partial charge on any atom is 0.138 e. The van der Waals surface area contributed by atoms with E-state index in [1.54, 1.807) is 0 Å². The van der Waals surface area contributed by atoms with E-state index >= 15 is 0 Å². The van der Waals surface area contributed by atoms with E-state index in [1.807, 2.05) is 6.92 Å². The summed E-state index contributed by atoms with van der Waals surface area (Å²) in [7, 11) is 0. The van der Waals surface area contributed by atoms with Crippen LogP contribution in [0.2, 0.25) is 5.15 Å². The van der Waals surface area contributed by atoms with Crippen LogP contribution in [0.5, 0.6) is 0 Å². The van der Waals surface area contributed by atoms with Gasteiger partial charge in [-0.3, -0.25) is 0 Å². The molecule has 1 aromatic heterocycles. The van der Waals surface area contributed by atoms with Crippen LogP contribution in [0.4, 0.5) is 5.82 Å². The summed E-state index contributed by atoms with van der Waals surface area (Å²) < 4.78 is 5.41. The van der Waals surface area contributed by atoms with E-state index < -0.39 is 0 Å². The second-order valence-electron chi connectivity index (χ2n) is 4.52. The summed E-state index contributed by atoms with van der Waals surface area (Å²) in [4.78, 5) is 8.21. The van der Waals surface area contributed by atoms with Gasteiger partial charge in [-0.05, 0) is 12.8 Å². The van der Waals surface area contributed by atoms with Crippen LogP contribution >= 0.6 is 11.6 Å². The molecule has 1 rings (SSSR count). The van der Waals surface area contributed by atoms with Crippen molar-refractivity contribution in [3.8, 4) is 0 Å². The summed E-state index contributed by atoms with van der Waals surface area (Å²) in [5.41, 5.74) is 1.96. The lowest BCUT2D eigenvalue weighted by Crippen LogP contribution is -2.13. The highest BCUT2D eigenvalue weighted by molar-refractivity contribution is 6.30. The highest BCUT2D eigenvalue weighted by atomic mass is 35.5. The zero-order valence-corrected chi connectivity index (χ0v) is 11.9. The Kier molecular flexibility index (Phi) is 6.09.